The van der Waals surface area contributed by atoms with Gasteiger partial charge in [-0.15, -0.1) is 10.2 Å². The third kappa shape index (κ3) is 3.88. The lowest BCUT2D eigenvalue weighted by Gasteiger charge is -2.14. The van der Waals surface area contributed by atoms with E-state index in [0.717, 1.165) is 58.8 Å². The number of nitrogens with zero attached hydrogens (tertiary/aromatic N) is 7. The molecule has 0 unspecified atom stereocenters. The van der Waals surface area contributed by atoms with Crippen molar-refractivity contribution in [3.05, 3.63) is 48.7 Å². The molecule has 4 heterocycles. The zero-order chi connectivity index (χ0) is 20.6. The third-order valence-electron chi connectivity index (χ3n) is 5.27. The molecule has 4 aromatic rings. The van der Waals surface area contributed by atoms with Crippen molar-refractivity contribution in [2.24, 2.45) is 7.05 Å². The predicted molar refractivity (Wildman–Crippen MR) is 121 cm³/mol. The topological polar surface area (TPSA) is 95.1 Å². The molecule has 10 heteroatoms. The second-order valence-electron chi connectivity index (χ2n) is 7.39. The highest BCUT2D eigenvalue weighted by atomic mass is 127. The Morgan fingerprint density at radius 2 is 2.10 bits per heavy atom. The number of aryl methyl sites for hydroxylation is 1. The van der Waals surface area contributed by atoms with E-state index in [4.69, 9.17) is 4.74 Å². The van der Waals surface area contributed by atoms with Crippen LogP contribution in [0, 0.1) is 0 Å². The molecule has 1 aliphatic rings. The van der Waals surface area contributed by atoms with Crippen molar-refractivity contribution in [2.75, 3.05) is 16.4 Å². The van der Waals surface area contributed by atoms with Gasteiger partial charge in [0.15, 0.2) is 5.65 Å². The molecule has 0 aromatic carbocycles. The van der Waals surface area contributed by atoms with Crippen LogP contribution in [0.15, 0.2) is 42.9 Å². The van der Waals surface area contributed by atoms with Crippen LogP contribution in [0.2, 0.25) is 0 Å². The molecule has 5 rings (SSSR count). The average molecular weight is 516 g/mol. The highest BCUT2D eigenvalue weighted by Crippen LogP contribution is 2.42. The first-order chi connectivity index (χ1) is 14.7. The minimum absolute atomic E-state index is 0.0498. The molecule has 0 atom stereocenters. The van der Waals surface area contributed by atoms with E-state index in [2.05, 4.69) is 53.2 Å². The second kappa shape index (κ2) is 7.91. The number of ether oxygens (including phenoxy) is 1. The Morgan fingerprint density at radius 1 is 1.20 bits per heavy atom. The molecule has 0 spiro atoms. The summed E-state index contributed by atoms with van der Waals surface area (Å²) in [5.74, 6) is 2.27. The number of fused-ring (bicyclic) bond motifs is 1. The van der Waals surface area contributed by atoms with Crippen LogP contribution in [0.1, 0.15) is 18.7 Å². The highest BCUT2D eigenvalue weighted by molar-refractivity contribution is 14.1. The highest BCUT2D eigenvalue weighted by Gasteiger charge is 2.45. The Kier molecular flexibility index (Phi) is 5.11. The van der Waals surface area contributed by atoms with Gasteiger partial charge in [0.1, 0.15) is 11.6 Å². The normalized spacial score (nSPS) is 14.9. The molecule has 9 nitrogen and oxygen atoms in total. The quantitative estimate of drug-likeness (QED) is 0.284. The molecule has 0 radical (unpaired) electrons. The van der Waals surface area contributed by atoms with Gasteiger partial charge in [-0.2, -0.15) is 5.10 Å². The number of nitrogens with one attached hydrogen (secondary N) is 1. The predicted octanol–water partition coefficient (Wildman–Crippen LogP) is 3.19. The number of hydrogen-bond acceptors (Lipinski definition) is 7. The monoisotopic (exact) mass is 516 g/mol. The first-order valence-electron chi connectivity index (χ1n) is 9.78. The summed E-state index contributed by atoms with van der Waals surface area (Å²) in [5.41, 5.74) is 2.52. The Bertz CT molecular complexity index is 1180. The average Bonchev–Trinajstić information content (AvgIpc) is 3.24. The summed E-state index contributed by atoms with van der Waals surface area (Å²) in [6.45, 7) is 0.782. The van der Waals surface area contributed by atoms with Crippen LogP contribution in [0.3, 0.4) is 0 Å². The van der Waals surface area contributed by atoms with E-state index in [-0.39, 0.29) is 5.60 Å². The van der Waals surface area contributed by atoms with Gasteiger partial charge in [-0.25, -0.2) is 9.97 Å². The van der Waals surface area contributed by atoms with Crippen molar-refractivity contribution >= 4 is 40.0 Å². The molecule has 4 aromatic heterocycles. The fraction of sp³-hybridized carbons (Fsp3) is 0.350. The molecule has 30 heavy (non-hydrogen) atoms. The van der Waals surface area contributed by atoms with Gasteiger partial charge in [0.05, 0.1) is 24.1 Å². The Morgan fingerprint density at radius 3 is 2.87 bits per heavy atom. The van der Waals surface area contributed by atoms with Gasteiger partial charge < -0.3 is 10.1 Å². The van der Waals surface area contributed by atoms with Gasteiger partial charge >= 0.3 is 0 Å². The lowest BCUT2D eigenvalue weighted by molar-refractivity contribution is 0.0436. The van der Waals surface area contributed by atoms with Gasteiger partial charge in [0, 0.05) is 41.9 Å². The van der Waals surface area contributed by atoms with Crippen LogP contribution in [0.25, 0.3) is 16.9 Å². The van der Waals surface area contributed by atoms with E-state index < -0.39 is 0 Å². The maximum atomic E-state index is 6.05. The van der Waals surface area contributed by atoms with E-state index in [1.54, 1.807) is 17.1 Å². The summed E-state index contributed by atoms with van der Waals surface area (Å²) in [7, 11) is 1.86. The molecule has 0 saturated heterocycles. The Balaban J connectivity index is 1.38. The largest absolute Gasteiger partial charge is 0.374 e. The van der Waals surface area contributed by atoms with Crippen LogP contribution in [0.5, 0.6) is 0 Å². The molecule has 1 aliphatic carbocycles. The zero-order valence-electron chi connectivity index (χ0n) is 16.5. The van der Waals surface area contributed by atoms with Gasteiger partial charge in [-0.1, -0.05) is 22.6 Å². The summed E-state index contributed by atoms with van der Waals surface area (Å²) >= 11 is 2.34. The first-order valence-corrected chi connectivity index (χ1v) is 11.3. The summed E-state index contributed by atoms with van der Waals surface area (Å²) in [6.07, 6.45) is 8.43. The molecular weight excluding hydrogens is 495 g/mol. The minimum atomic E-state index is -0.0498. The lowest BCUT2D eigenvalue weighted by Crippen LogP contribution is -2.20. The summed E-state index contributed by atoms with van der Waals surface area (Å²) < 4.78 is 10.8. The number of anilines is 2. The van der Waals surface area contributed by atoms with E-state index >= 15 is 0 Å². The standard InChI is InChI=1S/C20H21IN8O/c1-28-16(3-9-23-28)25-19-22-8-2-15(24-19)14-4-10-29-17(12-14)26-27-18(29)13-20(5-6-20)30-11-7-21/h2-4,8-10,12H,5-7,11,13H2,1H3,(H,22,24,25). The number of alkyl halides is 1. The number of halogens is 1. The van der Waals surface area contributed by atoms with Crippen LogP contribution in [0.4, 0.5) is 11.8 Å². The number of rotatable bonds is 8. The van der Waals surface area contributed by atoms with E-state index in [1.165, 1.54) is 0 Å². The second-order valence-corrected chi connectivity index (χ2v) is 8.47. The zero-order valence-corrected chi connectivity index (χ0v) is 18.7. The molecule has 0 bridgehead atoms. The van der Waals surface area contributed by atoms with Gasteiger partial charge in [0.25, 0.3) is 0 Å². The SMILES string of the molecule is Cn1nccc1Nc1nccc(-c2ccn3c(CC4(OCCI)CC4)nnc3c2)n1. The van der Waals surface area contributed by atoms with Crippen molar-refractivity contribution in [2.45, 2.75) is 24.9 Å². The van der Waals surface area contributed by atoms with Crippen LogP contribution in [-0.4, -0.2) is 51.0 Å². The third-order valence-corrected chi connectivity index (χ3v) is 5.71. The Labute approximate surface area is 187 Å². The fourth-order valence-electron chi connectivity index (χ4n) is 3.47. The van der Waals surface area contributed by atoms with Crippen molar-refractivity contribution in [3.63, 3.8) is 0 Å². The van der Waals surface area contributed by atoms with Crippen molar-refractivity contribution < 1.29 is 4.74 Å². The smallest absolute Gasteiger partial charge is 0.228 e. The van der Waals surface area contributed by atoms with Crippen LogP contribution < -0.4 is 5.32 Å². The van der Waals surface area contributed by atoms with Crippen molar-refractivity contribution in [1.29, 1.82) is 0 Å². The summed E-state index contributed by atoms with van der Waals surface area (Å²) in [6, 6.07) is 7.78. The van der Waals surface area contributed by atoms with E-state index in [0.29, 0.717) is 5.95 Å². The number of hydrogen-bond donors (Lipinski definition) is 1. The molecule has 0 aliphatic heterocycles. The van der Waals surface area contributed by atoms with Crippen molar-refractivity contribution in [3.8, 4) is 11.3 Å². The molecule has 1 saturated carbocycles. The molecule has 1 fully saturated rings. The van der Waals surface area contributed by atoms with Gasteiger partial charge in [-0.05, 0) is 31.0 Å². The van der Waals surface area contributed by atoms with Gasteiger partial charge in [0.2, 0.25) is 5.95 Å². The summed E-state index contributed by atoms with van der Waals surface area (Å²) in [4.78, 5) is 8.94. The van der Waals surface area contributed by atoms with Crippen LogP contribution in [-0.2, 0) is 18.2 Å². The van der Waals surface area contributed by atoms with Gasteiger partial charge in [-0.3, -0.25) is 9.08 Å². The molecular formula is C20H21IN8O. The molecule has 0 amide bonds. The van der Waals surface area contributed by atoms with E-state index in [1.807, 2.05) is 41.9 Å². The maximum Gasteiger partial charge on any atom is 0.228 e. The fourth-order valence-corrected chi connectivity index (χ4v) is 3.69. The maximum absolute atomic E-state index is 6.05. The van der Waals surface area contributed by atoms with E-state index in [9.17, 15) is 0 Å². The Hall–Kier alpha value is -2.60. The number of pyridine rings is 1. The lowest BCUT2D eigenvalue weighted by atomic mass is 10.2. The molecule has 1 N–H and O–H groups in total. The van der Waals surface area contributed by atoms with Crippen LogP contribution >= 0.6 is 22.6 Å². The van der Waals surface area contributed by atoms with Crippen molar-refractivity contribution in [1.82, 2.24) is 34.3 Å². The number of aromatic nitrogens is 7. The summed E-state index contributed by atoms with van der Waals surface area (Å²) in [5, 5.41) is 16.1. The first kappa shape index (κ1) is 19.4. The molecule has 154 valence electrons. The minimum Gasteiger partial charge on any atom is -0.374 e.